The second-order valence-electron chi connectivity index (χ2n) is 2.91. The highest BCUT2D eigenvalue weighted by atomic mass is 32.1. The van der Waals surface area contributed by atoms with E-state index in [2.05, 4.69) is 12.6 Å². The number of carbonyl (C=O) groups excluding carboxylic acids is 1. The minimum atomic E-state index is -4.21. The van der Waals surface area contributed by atoms with Crippen LogP contribution in [0.4, 0.5) is 17.6 Å². The van der Waals surface area contributed by atoms with Crippen molar-refractivity contribution in [2.45, 2.75) is 17.2 Å². The van der Waals surface area contributed by atoms with Crippen LogP contribution in [0.25, 0.3) is 0 Å². The Morgan fingerprint density at radius 3 is 2.62 bits per heavy atom. The quantitative estimate of drug-likeness (QED) is 0.641. The lowest BCUT2D eigenvalue weighted by Crippen LogP contribution is -2.41. The molecule has 0 radical (unpaired) electrons. The Kier molecular flexibility index (Phi) is 4.20. The van der Waals surface area contributed by atoms with Crippen molar-refractivity contribution < 1.29 is 22.4 Å². The van der Waals surface area contributed by atoms with Crippen molar-refractivity contribution in [1.29, 1.82) is 0 Å². The van der Waals surface area contributed by atoms with Crippen LogP contribution in [0.1, 0.15) is 9.67 Å². The number of nitrogens with one attached hydrogen (secondary N) is 1. The molecule has 0 aliphatic rings. The standard InChI is InChI=1S/C8H7F4NOS2/c9-7(10)8(11,12)3-13-6(14)5-1-4(15)2-16-5/h1-2,7,15H,3H2,(H,13,14). The fourth-order valence-electron chi connectivity index (χ4n) is 0.808. The Hall–Kier alpha value is -0.760. The molecule has 1 aromatic heterocycles. The number of rotatable bonds is 4. The fourth-order valence-corrected chi connectivity index (χ4v) is 1.87. The number of hydrogen-bond acceptors (Lipinski definition) is 3. The number of thiophene rings is 1. The SMILES string of the molecule is O=C(NCC(F)(F)C(F)F)c1cc(S)cs1. The Bertz CT molecular complexity index is 380. The first-order chi connectivity index (χ1) is 7.33. The second-order valence-corrected chi connectivity index (χ2v) is 4.34. The molecule has 1 aromatic rings. The van der Waals surface area contributed by atoms with Gasteiger partial charge in [0.05, 0.1) is 11.4 Å². The number of halogens is 4. The number of amides is 1. The maximum Gasteiger partial charge on any atom is 0.324 e. The van der Waals surface area contributed by atoms with Gasteiger partial charge in [0.25, 0.3) is 5.91 Å². The van der Waals surface area contributed by atoms with Gasteiger partial charge in [-0.2, -0.15) is 8.78 Å². The molecule has 1 N–H and O–H groups in total. The molecule has 1 heterocycles. The van der Waals surface area contributed by atoms with E-state index in [1.807, 2.05) is 0 Å². The van der Waals surface area contributed by atoms with Gasteiger partial charge in [0.15, 0.2) is 0 Å². The highest BCUT2D eigenvalue weighted by molar-refractivity contribution is 7.80. The predicted octanol–water partition coefficient (Wildman–Crippen LogP) is 2.67. The van der Waals surface area contributed by atoms with Gasteiger partial charge in [-0.25, -0.2) is 8.78 Å². The van der Waals surface area contributed by atoms with Crippen molar-refractivity contribution in [1.82, 2.24) is 5.32 Å². The summed E-state index contributed by atoms with van der Waals surface area (Å²) >= 11 is 4.92. The van der Waals surface area contributed by atoms with Gasteiger partial charge in [-0.1, -0.05) is 0 Å². The normalized spacial score (nSPS) is 11.9. The molecule has 0 fully saturated rings. The molecule has 90 valence electrons. The lowest BCUT2D eigenvalue weighted by atomic mass is 10.3. The molecule has 0 saturated heterocycles. The lowest BCUT2D eigenvalue weighted by Gasteiger charge is -2.15. The van der Waals surface area contributed by atoms with Gasteiger partial charge >= 0.3 is 12.3 Å². The van der Waals surface area contributed by atoms with Crippen LogP contribution in [-0.4, -0.2) is 24.8 Å². The van der Waals surface area contributed by atoms with Gasteiger partial charge in [0, 0.05) is 10.3 Å². The Balaban J connectivity index is 2.54. The summed E-state index contributed by atoms with van der Waals surface area (Å²) in [5.41, 5.74) is 0. The first-order valence-corrected chi connectivity index (χ1v) is 5.37. The molecule has 0 aliphatic heterocycles. The van der Waals surface area contributed by atoms with Gasteiger partial charge < -0.3 is 5.32 Å². The second kappa shape index (κ2) is 5.05. The summed E-state index contributed by atoms with van der Waals surface area (Å²) in [5.74, 6) is -5.03. The van der Waals surface area contributed by atoms with Crippen LogP contribution in [0.3, 0.4) is 0 Å². The van der Waals surface area contributed by atoms with E-state index >= 15 is 0 Å². The van der Waals surface area contributed by atoms with E-state index < -0.39 is 24.8 Å². The summed E-state index contributed by atoms with van der Waals surface area (Å²) in [6, 6.07) is 1.36. The van der Waals surface area contributed by atoms with E-state index in [4.69, 9.17) is 0 Å². The topological polar surface area (TPSA) is 29.1 Å². The van der Waals surface area contributed by atoms with E-state index in [1.165, 1.54) is 11.4 Å². The van der Waals surface area contributed by atoms with Gasteiger partial charge in [-0.15, -0.1) is 24.0 Å². The molecule has 8 heteroatoms. The maximum absolute atomic E-state index is 12.5. The van der Waals surface area contributed by atoms with E-state index in [-0.39, 0.29) is 4.88 Å². The van der Waals surface area contributed by atoms with Crippen molar-refractivity contribution in [3.05, 3.63) is 16.3 Å². The van der Waals surface area contributed by atoms with Gasteiger partial charge in [-0.3, -0.25) is 4.79 Å². The van der Waals surface area contributed by atoms with Crippen LogP contribution in [0.2, 0.25) is 0 Å². The first-order valence-electron chi connectivity index (χ1n) is 4.04. The molecule has 0 bridgehead atoms. The maximum atomic E-state index is 12.5. The molecular weight excluding hydrogens is 266 g/mol. The average Bonchev–Trinajstić information content (AvgIpc) is 2.61. The van der Waals surface area contributed by atoms with E-state index in [0.717, 1.165) is 11.3 Å². The Morgan fingerprint density at radius 1 is 1.56 bits per heavy atom. The molecule has 16 heavy (non-hydrogen) atoms. The largest absolute Gasteiger partial charge is 0.345 e. The molecule has 0 aliphatic carbocycles. The number of carbonyl (C=O) groups is 1. The minimum Gasteiger partial charge on any atom is -0.345 e. The molecule has 1 amide bonds. The predicted molar refractivity (Wildman–Crippen MR) is 54.9 cm³/mol. The van der Waals surface area contributed by atoms with Crippen LogP contribution in [0.15, 0.2) is 16.3 Å². The zero-order chi connectivity index (χ0) is 12.3. The summed E-state index contributed by atoms with van der Waals surface area (Å²) < 4.78 is 48.4. The molecule has 0 aromatic carbocycles. The third kappa shape index (κ3) is 3.38. The Labute approximate surface area is 98.1 Å². The van der Waals surface area contributed by atoms with Gasteiger partial charge in [0.2, 0.25) is 0 Å². The minimum absolute atomic E-state index is 0.148. The summed E-state index contributed by atoms with van der Waals surface area (Å²) in [7, 11) is 0. The summed E-state index contributed by atoms with van der Waals surface area (Å²) in [6.45, 7) is -1.39. The van der Waals surface area contributed by atoms with Crippen molar-refractivity contribution >= 4 is 29.9 Å². The number of hydrogen-bond donors (Lipinski definition) is 2. The Morgan fingerprint density at radius 2 is 2.19 bits per heavy atom. The van der Waals surface area contributed by atoms with E-state index in [9.17, 15) is 22.4 Å². The van der Waals surface area contributed by atoms with Crippen LogP contribution in [-0.2, 0) is 0 Å². The monoisotopic (exact) mass is 273 g/mol. The fraction of sp³-hybridized carbons (Fsp3) is 0.375. The molecule has 0 saturated carbocycles. The molecule has 1 rings (SSSR count). The van der Waals surface area contributed by atoms with E-state index in [1.54, 1.807) is 5.32 Å². The zero-order valence-electron chi connectivity index (χ0n) is 7.71. The van der Waals surface area contributed by atoms with Gasteiger partial charge in [-0.05, 0) is 6.07 Å². The molecular formula is C8H7F4NOS2. The van der Waals surface area contributed by atoms with Crippen molar-refractivity contribution in [3.8, 4) is 0 Å². The van der Waals surface area contributed by atoms with E-state index in [0.29, 0.717) is 4.90 Å². The highest BCUT2D eigenvalue weighted by Gasteiger charge is 2.40. The third-order valence-corrected chi connectivity index (χ3v) is 2.98. The van der Waals surface area contributed by atoms with Crippen molar-refractivity contribution in [2.75, 3.05) is 6.54 Å². The summed E-state index contributed by atoms with van der Waals surface area (Å²) in [6.07, 6.45) is -3.79. The van der Waals surface area contributed by atoms with Crippen LogP contribution < -0.4 is 5.32 Å². The zero-order valence-corrected chi connectivity index (χ0v) is 9.43. The molecule has 0 unspecified atom stereocenters. The number of thiol groups is 1. The summed E-state index contributed by atoms with van der Waals surface area (Å²) in [4.78, 5) is 11.9. The summed E-state index contributed by atoms with van der Waals surface area (Å²) in [5, 5.41) is 3.27. The highest BCUT2D eigenvalue weighted by Crippen LogP contribution is 2.22. The van der Waals surface area contributed by atoms with Gasteiger partial charge in [0.1, 0.15) is 0 Å². The van der Waals surface area contributed by atoms with Crippen LogP contribution in [0.5, 0.6) is 0 Å². The molecule has 0 spiro atoms. The van der Waals surface area contributed by atoms with Crippen molar-refractivity contribution in [3.63, 3.8) is 0 Å². The molecule has 2 nitrogen and oxygen atoms in total. The lowest BCUT2D eigenvalue weighted by molar-refractivity contribution is -0.123. The van der Waals surface area contributed by atoms with Crippen molar-refractivity contribution in [2.24, 2.45) is 0 Å². The average molecular weight is 273 g/mol. The first kappa shape index (κ1) is 13.3. The number of alkyl halides is 4. The smallest absolute Gasteiger partial charge is 0.324 e. The van der Waals surface area contributed by atoms with Crippen LogP contribution in [0, 0.1) is 0 Å². The molecule has 0 atom stereocenters. The van der Waals surface area contributed by atoms with Crippen LogP contribution >= 0.6 is 24.0 Å². The third-order valence-electron chi connectivity index (χ3n) is 1.61.